The van der Waals surface area contributed by atoms with E-state index >= 15 is 0 Å². The summed E-state index contributed by atoms with van der Waals surface area (Å²) in [6.45, 7) is 2.56. The van der Waals surface area contributed by atoms with Gasteiger partial charge in [-0.1, -0.05) is 0 Å². The Bertz CT molecular complexity index is 417. The number of aromatic nitrogens is 3. The van der Waals surface area contributed by atoms with Gasteiger partial charge in [-0.25, -0.2) is 0 Å². The molecule has 1 saturated heterocycles. The lowest BCUT2D eigenvalue weighted by Gasteiger charge is -2.32. The van der Waals surface area contributed by atoms with Crippen molar-refractivity contribution < 1.29 is 4.79 Å². The highest BCUT2D eigenvalue weighted by molar-refractivity contribution is 5.76. The number of nitrogens with one attached hydrogen (secondary N) is 1. The van der Waals surface area contributed by atoms with E-state index < -0.39 is 0 Å². The van der Waals surface area contributed by atoms with Crippen LogP contribution in [-0.4, -0.2) is 52.3 Å². The zero-order chi connectivity index (χ0) is 13.7. The van der Waals surface area contributed by atoms with Gasteiger partial charge in [-0.2, -0.15) is 0 Å². The number of carbonyl (C=O) groups is 1. The molecule has 6 nitrogen and oxygen atoms in total. The van der Waals surface area contributed by atoms with Crippen LogP contribution in [0.3, 0.4) is 0 Å². The summed E-state index contributed by atoms with van der Waals surface area (Å²) in [5.74, 6) is 1.59. The van der Waals surface area contributed by atoms with Gasteiger partial charge in [-0.3, -0.25) is 4.79 Å². The molecule has 1 fully saturated rings. The van der Waals surface area contributed by atoms with Crippen LogP contribution in [0.15, 0.2) is 6.33 Å². The van der Waals surface area contributed by atoms with E-state index in [1.807, 2.05) is 23.6 Å². The second-order valence-corrected chi connectivity index (χ2v) is 5.19. The molecule has 0 spiro atoms. The van der Waals surface area contributed by atoms with Crippen LogP contribution in [0, 0.1) is 0 Å². The zero-order valence-corrected chi connectivity index (χ0v) is 11.8. The van der Waals surface area contributed by atoms with Crippen LogP contribution in [0.4, 0.5) is 0 Å². The first kappa shape index (κ1) is 14.0. The molecule has 1 aliphatic heterocycles. The number of hydrogen-bond donors (Lipinski definition) is 1. The molecule has 1 unspecified atom stereocenters. The van der Waals surface area contributed by atoms with Crippen LogP contribution in [0.5, 0.6) is 0 Å². The predicted octanol–water partition coefficient (Wildman–Crippen LogP) is 0.521. The molecule has 1 amide bonds. The molecule has 2 heterocycles. The van der Waals surface area contributed by atoms with Crippen LogP contribution in [0.25, 0.3) is 0 Å². The second kappa shape index (κ2) is 6.65. The number of amides is 1. The molecule has 1 N–H and O–H groups in total. The van der Waals surface area contributed by atoms with Crippen molar-refractivity contribution in [3.05, 3.63) is 12.2 Å². The minimum atomic E-state index is 0.266. The van der Waals surface area contributed by atoms with Crippen LogP contribution in [0.1, 0.15) is 37.4 Å². The third-order valence-corrected chi connectivity index (χ3v) is 3.70. The average Bonchev–Trinajstić information content (AvgIpc) is 2.85. The van der Waals surface area contributed by atoms with Crippen molar-refractivity contribution in [2.75, 3.05) is 26.7 Å². The van der Waals surface area contributed by atoms with Crippen molar-refractivity contribution in [2.45, 2.75) is 31.6 Å². The fourth-order valence-electron chi connectivity index (χ4n) is 2.65. The van der Waals surface area contributed by atoms with Gasteiger partial charge in [0.15, 0.2) is 0 Å². The Balaban J connectivity index is 1.90. The third-order valence-electron chi connectivity index (χ3n) is 3.70. The molecule has 1 aliphatic rings. The van der Waals surface area contributed by atoms with E-state index in [1.54, 1.807) is 6.33 Å². The van der Waals surface area contributed by atoms with Gasteiger partial charge in [0.1, 0.15) is 12.2 Å². The van der Waals surface area contributed by atoms with Gasteiger partial charge < -0.3 is 14.8 Å². The summed E-state index contributed by atoms with van der Waals surface area (Å²) in [4.78, 5) is 14.1. The first-order chi connectivity index (χ1) is 9.22. The maximum absolute atomic E-state index is 12.1. The van der Waals surface area contributed by atoms with Crippen LogP contribution < -0.4 is 5.32 Å². The minimum absolute atomic E-state index is 0.266. The van der Waals surface area contributed by atoms with Gasteiger partial charge >= 0.3 is 0 Å². The van der Waals surface area contributed by atoms with Gasteiger partial charge in [0.05, 0.1) is 0 Å². The SMILES string of the molecule is CNCCCC(=O)N1CCCC(c2nncn2C)C1. The van der Waals surface area contributed by atoms with Crippen molar-refractivity contribution in [1.82, 2.24) is 25.0 Å². The average molecular weight is 265 g/mol. The summed E-state index contributed by atoms with van der Waals surface area (Å²) < 4.78 is 1.96. The van der Waals surface area contributed by atoms with Crippen molar-refractivity contribution in [3.63, 3.8) is 0 Å². The number of piperidine rings is 1. The van der Waals surface area contributed by atoms with Gasteiger partial charge in [0.2, 0.25) is 5.91 Å². The smallest absolute Gasteiger partial charge is 0.222 e. The van der Waals surface area contributed by atoms with E-state index in [9.17, 15) is 4.79 Å². The normalized spacial score (nSPS) is 19.7. The number of rotatable bonds is 5. The van der Waals surface area contributed by atoms with Crippen LogP contribution >= 0.6 is 0 Å². The highest BCUT2D eigenvalue weighted by atomic mass is 16.2. The number of carbonyl (C=O) groups excluding carboxylic acids is 1. The Hall–Kier alpha value is -1.43. The largest absolute Gasteiger partial charge is 0.342 e. The Labute approximate surface area is 114 Å². The molecule has 0 saturated carbocycles. The Morgan fingerprint density at radius 2 is 2.42 bits per heavy atom. The summed E-state index contributed by atoms with van der Waals surface area (Å²) >= 11 is 0. The molecule has 2 rings (SSSR count). The molecule has 1 atom stereocenters. The molecule has 1 aromatic heterocycles. The van der Waals surface area contributed by atoms with Crippen LogP contribution in [-0.2, 0) is 11.8 Å². The van der Waals surface area contributed by atoms with Gasteiger partial charge in [-0.15, -0.1) is 10.2 Å². The molecule has 0 radical (unpaired) electrons. The molecule has 0 bridgehead atoms. The predicted molar refractivity (Wildman–Crippen MR) is 72.7 cm³/mol. The summed E-state index contributed by atoms with van der Waals surface area (Å²) in [6, 6.07) is 0. The first-order valence-corrected chi connectivity index (χ1v) is 6.98. The molecule has 6 heteroatoms. The fraction of sp³-hybridized carbons (Fsp3) is 0.769. The molecular weight excluding hydrogens is 242 g/mol. The minimum Gasteiger partial charge on any atom is -0.342 e. The van der Waals surface area contributed by atoms with Crippen molar-refractivity contribution in [2.24, 2.45) is 7.05 Å². The molecule has 106 valence electrons. The van der Waals surface area contributed by atoms with E-state index in [2.05, 4.69) is 15.5 Å². The third kappa shape index (κ3) is 3.53. The maximum Gasteiger partial charge on any atom is 0.222 e. The first-order valence-electron chi connectivity index (χ1n) is 6.98. The molecule has 0 aliphatic carbocycles. The summed E-state index contributed by atoms with van der Waals surface area (Å²) in [7, 11) is 3.87. The quantitative estimate of drug-likeness (QED) is 0.788. The maximum atomic E-state index is 12.1. The Morgan fingerprint density at radius 1 is 1.58 bits per heavy atom. The monoisotopic (exact) mass is 265 g/mol. The standard InChI is InChI=1S/C13H23N5O/c1-14-7-3-6-12(19)18-8-4-5-11(9-18)13-16-15-10-17(13)2/h10-11,14H,3-9H2,1-2H3. The lowest BCUT2D eigenvalue weighted by Crippen LogP contribution is -2.39. The van der Waals surface area contributed by atoms with E-state index in [1.165, 1.54) is 0 Å². The van der Waals surface area contributed by atoms with Crippen LogP contribution in [0.2, 0.25) is 0 Å². The van der Waals surface area contributed by atoms with Gasteiger partial charge in [0.25, 0.3) is 0 Å². The summed E-state index contributed by atoms with van der Waals surface area (Å²) in [5, 5.41) is 11.2. The lowest BCUT2D eigenvalue weighted by atomic mass is 9.97. The van der Waals surface area contributed by atoms with Crippen molar-refractivity contribution in [3.8, 4) is 0 Å². The highest BCUT2D eigenvalue weighted by Crippen LogP contribution is 2.25. The Morgan fingerprint density at radius 3 is 3.11 bits per heavy atom. The number of hydrogen-bond acceptors (Lipinski definition) is 4. The molecular formula is C13H23N5O. The van der Waals surface area contributed by atoms with E-state index in [-0.39, 0.29) is 5.91 Å². The number of likely N-dealkylation sites (tertiary alicyclic amines) is 1. The van der Waals surface area contributed by atoms with E-state index in [4.69, 9.17) is 0 Å². The number of aryl methyl sites for hydroxylation is 1. The Kier molecular flexibility index (Phi) is 4.90. The van der Waals surface area contributed by atoms with Gasteiger partial charge in [-0.05, 0) is 32.9 Å². The molecule has 19 heavy (non-hydrogen) atoms. The lowest BCUT2D eigenvalue weighted by molar-refractivity contribution is -0.132. The highest BCUT2D eigenvalue weighted by Gasteiger charge is 2.26. The second-order valence-electron chi connectivity index (χ2n) is 5.19. The van der Waals surface area contributed by atoms with Gasteiger partial charge in [0, 0.05) is 32.5 Å². The van der Waals surface area contributed by atoms with E-state index in [0.29, 0.717) is 12.3 Å². The summed E-state index contributed by atoms with van der Waals surface area (Å²) in [6.07, 6.45) is 5.40. The molecule has 1 aromatic rings. The fourth-order valence-corrected chi connectivity index (χ4v) is 2.65. The topological polar surface area (TPSA) is 63.1 Å². The van der Waals surface area contributed by atoms with Crippen molar-refractivity contribution in [1.29, 1.82) is 0 Å². The van der Waals surface area contributed by atoms with E-state index in [0.717, 1.165) is 44.7 Å². The summed E-state index contributed by atoms with van der Waals surface area (Å²) in [5.41, 5.74) is 0. The zero-order valence-electron chi connectivity index (χ0n) is 11.8. The molecule has 0 aromatic carbocycles. The number of nitrogens with zero attached hydrogens (tertiary/aromatic N) is 4. The van der Waals surface area contributed by atoms with Crippen molar-refractivity contribution >= 4 is 5.91 Å².